The lowest BCUT2D eigenvalue weighted by atomic mass is 10.00. The fraction of sp³-hybridized carbons (Fsp3) is 0.333. The van der Waals surface area contributed by atoms with Crippen molar-refractivity contribution < 1.29 is 0 Å². The zero-order chi connectivity index (χ0) is 14.7. The molecule has 1 aliphatic heterocycles. The summed E-state index contributed by atoms with van der Waals surface area (Å²) in [6, 6.07) is 14.9. The van der Waals surface area contributed by atoms with Gasteiger partial charge in [-0.3, -0.25) is 0 Å². The Bertz CT molecular complexity index is 624. The molecule has 0 radical (unpaired) electrons. The van der Waals surface area contributed by atoms with E-state index < -0.39 is 0 Å². The third-order valence-electron chi connectivity index (χ3n) is 4.05. The summed E-state index contributed by atoms with van der Waals surface area (Å²) in [5.41, 5.74) is 5.18. The standard InChI is InChI=1S/C18H21ClN2/c1-2-20-13-15-16(19)9-5-11-18(15)21-12-6-8-14-7-3-4-10-17(14)21/h3-5,7,9-11,20H,2,6,8,12-13H2,1H3. The van der Waals surface area contributed by atoms with Crippen molar-refractivity contribution in [2.45, 2.75) is 26.3 Å². The molecule has 0 unspecified atom stereocenters. The van der Waals surface area contributed by atoms with Crippen molar-refractivity contribution >= 4 is 23.0 Å². The molecule has 0 spiro atoms. The van der Waals surface area contributed by atoms with Gasteiger partial charge in [0.15, 0.2) is 0 Å². The Labute approximate surface area is 131 Å². The first-order valence-corrected chi connectivity index (χ1v) is 8.02. The molecular weight excluding hydrogens is 280 g/mol. The molecule has 2 aromatic carbocycles. The summed E-state index contributed by atoms with van der Waals surface area (Å²) in [6.07, 6.45) is 2.35. The summed E-state index contributed by atoms with van der Waals surface area (Å²) in [7, 11) is 0. The maximum atomic E-state index is 6.44. The van der Waals surface area contributed by atoms with Gasteiger partial charge in [-0.2, -0.15) is 0 Å². The van der Waals surface area contributed by atoms with E-state index in [0.29, 0.717) is 0 Å². The predicted octanol–water partition coefficient (Wildman–Crippen LogP) is 4.53. The van der Waals surface area contributed by atoms with Crippen molar-refractivity contribution in [1.82, 2.24) is 5.32 Å². The van der Waals surface area contributed by atoms with Crippen LogP contribution in [0.15, 0.2) is 42.5 Å². The van der Waals surface area contributed by atoms with Crippen LogP contribution in [0.1, 0.15) is 24.5 Å². The average Bonchev–Trinajstić information content (AvgIpc) is 2.53. The van der Waals surface area contributed by atoms with Gasteiger partial charge in [0.1, 0.15) is 0 Å². The van der Waals surface area contributed by atoms with Gasteiger partial charge in [-0.05, 0) is 43.1 Å². The van der Waals surface area contributed by atoms with Gasteiger partial charge in [0, 0.05) is 35.1 Å². The molecule has 0 atom stereocenters. The molecule has 0 saturated carbocycles. The van der Waals surface area contributed by atoms with Crippen LogP contribution in [0.2, 0.25) is 5.02 Å². The van der Waals surface area contributed by atoms with E-state index in [1.54, 1.807) is 0 Å². The third kappa shape index (κ3) is 2.92. The van der Waals surface area contributed by atoms with Crippen LogP contribution in [0.4, 0.5) is 11.4 Å². The van der Waals surface area contributed by atoms with Gasteiger partial charge >= 0.3 is 0 Å². The summed E-state index contributed by atoms with van der Waals surface area (Å²) in [5.74, 6) is 0. The van der Waals surface area contributed by atoms with E-state index in [9.17, 15) is 0 Å². The second kappa shape index (κ2) is 6.50. The molecule has 0 fully saturated rings. The van der Waals surface area contributed by atoms with E-state index in [1.165, 1.54) is 28.9 Å². The van der Waals surface area contributed by atoms with Gasteiger partial charge in [0.05, 0.1) is 0 Å². The molecule has 1 N–H and O–H groups in total. The van der Waals surface area contributed by atoms with Gasteiger partial charge in [0.25, 0.3) is 0 Å². The molecule has 1 heterocycles. The largest absolute Gasteiger partial charge is 0.341 e. The molecule has 0 aromatic heterocycles. The Morgan fingerprint density at radius 2 is 1.90 bits per heavy atom. The summed E-state index contributed by atoms with van der Waals surface area (Å²) < 4.78 is 0. The molecule has 0 bridgehead atoms. The minimum absolute atomic E-state index is 0.810. The van der Waals surface area contributed by atoms with Gasteiger partial charge in [-0.25, -0.2) is 0 Å². The van der Waals surface area contributed by atoms with E-state index in [0.717, 1.165) is 31.1 Å². The number of nitrogens with one attached hydrogen (secondary N) is 1. The normalized spacial score (nSPS) is 14.1. The van der Waals surface area contributed by atoms with Crippen molar-refractivity contribution in [3.05, 3.63) is 58.6 Å². The number of anilines is 2. The Hall–Kier alpha value is -1.51. The van der Waals surface area contributed by atoms with Gasteiger partial charge in [0.2, 0.25) is 0 Å². The minimum Gasteiger partial charge on any atom is -0.341 e. The number of para-hydroxylation sites is 1. The van der Waals surface area contributed by atoms with Crippen LogP contribution in [-0.2, 0) is 13.0 Å². The number of hydrogen-bond acceptors (Lipinski definition) is 2. The molecule has 3 rings (SSSR count). The van der Waals surface area contributed by atoms with E-state index >= 15 is 0 Å². The van der Waals surface area contributed by atoms with Crippen molar-refractivity contribution in [3.8, 4) is 0 Å². The third-order valence-corrected chi connectivity index (χ3v) is 4.40. The van der Waals surface area contributed by atoms with Gasteiger partial charge in [-0.15, -0.1) is 0 Å². The molecule has 2 nitrogen and oxygen atoms in total. The van der Waals surface area contributed by atoms with E-state index in [1.807, 2.05) is 12.1 Å². The molecule has 0 saturated heterocycles. The highest BCUT2D eigenvalue weighted by atomic mass is 35.5. The first kappa shape index (κ1) is 14.4. The minimum atomic E-state index is 0.810. The topological polar surface area (TPSA) is 15.3 Å². The summed E-state index contributed by atoms with van der Waals surface area (Å²) in [5, 5.41) is 4.24. The highest BCUT2D eigenvalue weighted by Gasteiger charge is 2.20. The highest BCUT2D eigenvalue weighted by molar-refractivity contribution is 6.31. The predicted molar refractivity (Wildman–Crippen MR) is 90.6 cm³/mol. The maximum Gasteiger partial charge on any atom is 0.0471 e. The number of fused-ring (bicyclic) bond motifs is 1. The SMILES string of the molecule is CCNCc1c(Cl)cccc1N1CCCc2ccccc21. The quantitative estimate of drug-likeness (QED) is 0.892. The van der Waals surface area contributed by atoms with Crippen LogP contribution in [0.5, 0.6) is 0 Å². The Kier molecular flexibility index (Phi) is 4.47. The second-order valence-electron chi connectivity index (χ2n) is 5.40. The molecule has 2 aromatic rings. The number of nitrogens with zero attached hydrogens (tertiary/aromatic N) is 1. The van der Waals surface area contributed by atoms with Gasteiger partial charge in [-0.1, -0.05) is 42.8 Å². The lowest BCUT2D eigenvalue weighted by molar-refractivity contribution is 0.717. The summed E-state index contributed by atoms with van der Waals surface area (Å²) in [4.78, 5) is 2.41. The number of rotatable bonds is 4. The van der Waals surface area contributed by atoms with E-state index in [-0.39, 0.29) is 0 Å². The molecule has 0 amide bonds. The molecule has 0 aliphatic carbocycles. The maximum absolute atomic E-state index is 6.44. The smallest absolute Gasteiger partial charge is 0.0471 e. The molecular formula is C18H21ClN2. The van der Waals surface area contributed by atoms with E-state index in [4.69, 9.17) is 11.6 Å². The molecule has 3 heteroatoms. The average molecular weight is 301 g/mol. The van der Waals surface area contributed by atoms with Crippen LogP contribution in [0.3, 0.4) is 0 Å². The van der Waals surface area contributed by atoms with E-state index in [2.05, 4.69) is 47.5 Å². The molecule has 21 heavy (non-hydrogen) atoms. The molecule has 110 valence electrons. The number of hydrogen-bond donors (Lipinski definition) is 1. The zero-order valence-electron chi connectivity index (χ0n) is 12.4. The number of halogens is 1. The number of aryl methyl sites for hydroxylation is 1. The first-order chi connectivity index (χ1) is 10.3. The second-order valence-corrected chi connectivity index (χ2v) is 5.81. The van der Waals surface area contributed by atoms with Gasteiger partial charge < -0.3 is 10.2 Å². The lowest BCUT2D eigenvalue weighted by Crippen LogP contribution is -2.26. The Morgan fingerprint density at radius 1 is 1.10 bits per heavy atom. The first-order valence-electron chi connectivity index (χ1n) is 7.65. The Morgan fingerprint density at radius 3 is 2.76 bits per heavy atom. The van der Waals surface area contributed by atoms with Crippen molar-refractivity contribution in [2.75, 3.05) is 18.0 Å². The van der Waals surface area contributed by atoms with Crippen LogP contribution in [0.25, 0.3) is 0 Å². The molecule has 1 aliphatic rings. The van der Waals surface area contributed by atoms with Crippen LogP contribution >= 0.6 is 11.6 Å². The fourth-order valence-electron chi connectivity index (χ4n) is 3.01. The van der Waals surface area contributed by atoms with Crippen LogP contribution < -0.4 is 10.2 Å². The van der Waals surface area contributed by atoms with Crippen LogP contribution in [0, 0.1) is 0 Å². The summed E-state index contributed by atoms with van der Waals surface area (Å²) in [6.45, 7) is 4.93. The van der Waals surface area contributed by atoms with Crippen molar-refractivity contribution in [2.24, 2.45) is 0 Å². The lowest BCUT2D eigenvalue weighted by Gasteiger charge is -2.33. The van der Waals surface area contributed by atoms with Crippen molar-refractivity contribution in [3.63, 3.8) is 0 Å². The Balaban J connectivity index is 2.03. The zero-order valence-corrected chi connectivity index (χ0v) is 13.2. The highest BCUT2D eigenvalue weighted by Crippen LogP contribution is 2.37. The van der Waals surface area contributed by atoms with Crippen LogP contribution in [-0.4, -0.2) is 13.1 Å². The fourth-order valence-corrected chi connectivity index (χ4v) is 3.25. The summed E-state index contributed by atoms with van der Waals surface area (Å²) >= 11 is 6.44. The number of benzene rings is 2. The van der Waals surface area contributed by atoms with Crippen molar-refractivity contribution in [1.29, 1.82) is 0 Å². The monoisotopic (exact) mass is 300 g/mol.